The maximum absolute atomic E-state index is 11.4. The van der Waals surface area contributed by atoms with Gasteiger partial charge in [0.1, 0.15) is 19.0 Å². The molecular weight excluding hydrogens is 258 g/mol. The number of allylic oxidation sites excluding steroid dienone is 2. The minimum Gasteiger partial charge on any atom is -0.490 e. The second kappa shape index (κ2) is 11.1. The average Bonchev–Trinajstić information content (AvgIpc) is 2.41. The molecule has 0 heterocycles. The Balaban J connectivity index is 3.56. The van der Waals surface area contributed by atoms with E-state index in [1.165, 1.54) is 0 Å². The second-order valence-corrected chi connectivity index (χ2v) is 4.30. The predicted molar refractivity (Wildman–Crippen MR) is 79.1 cm³/mol. The zero-order valence-electron chi connectivity index (χ0n) is 12.5. The number of carbonyl (C=O) groups excluding carboxylic acids is 1. The SMILES string of the molecule is C=C(CCC(=O)OCCOC(=C)C(=C)C)NCCOC. The second-order valence-electron chi connectivity index (χ2n) is 4.30. The summed E-state index contributed by atoms with van der Waals surface area (Å²) in [5.41, 5.74) is 1.56. The summed E-state index contributed by atoms with van der Waals surface area (Å²) in [7, 11) is 1.63. The van der Waals surface area contributed by atoms with Gasteiger partial charge in [-0.15, -0.1) is 0 Å². The molecule has 0 rings (SSSR count). The van der Waals surface area contributed by atoms with Crippen molar-refractivity contribution in [2.45, 2.75) is 19.8 Å². The molecule has 0 saturated carbocycles. The minimum absolute atomic E-state index is 0.203. The Kier molecular flexibility index (Phi) is 10.1. The fraction of sp³-hybridized carbons (Fsp3) is 0.533. The zero-order chi connectivity index (χ0) is 15.4. The molecule has 0 unspecified atom stereocenters. The summed E-state index contributed by atoms with van der Waals surface area (Å²) in [6, 6.07) is 0. The average molecular weight is 283 g/mol. The molecule has 0 aliphatic heterocycles. The van der Waals surface area contributed by atoms with Crippen LogP contribution in [0.2, 0.25) is 0 Å². The lowest BCUT2D eigenvalue weighted by molar-refractivity contribution is -0.144. The molecule has 0 saturated heterocycles. The summed E-state index contributed by atoms with van der Waals surface area (Å²) in [5, 5.41) is 3.06. The number of methoxy groups -OCH3 is 1. The molecule has 5 nitrogen and oxygen atoms in total. The standard InChI is InChI=1S/C15H25NO4/c1-12(2)14(4)19-10-11-20-15(17)7-6-13(3)16-8-9-18-5/h16H,1,3-4,6-11H2,2,5H3. The fourth-order valence-electron chi connectivity index (χ4n) is 1.19. The van der Waals surface area contributed by atoms with E-state index in [0.29, 0.717) is 31.8 Å². The van der Waals surface area contributed by atoms with Gasteiger partial charge in [-0.1, -0.05) is 19.7 Å². The summed E-state index contributed by atoms with van der Waals surface area (Å²) in [6.07, 6.45) is 0.835. The lowest BCUT2D eigenvalue weighted by Gasteiger charge is -2.10. The van der Waals surface area contributed by atoms with E-state index in [1.807, 2.05) is 0 Å². The molecule has 114 valence electrons. The molecule has 0 amide bonds. The monoisotopic (exact) mass is 283 g/mol. The molecule has 0 atom stereocenters. The molecule has 0 spiro atoms. The molecular formula is C15H25NO4. The molecule has 5 heteroatoms. The molecule has 20 heavy (non-hydrogen) atoms. The van der Waals surface area contributed by atoms with Crippen LogP contribution in [0.5, 0.6) is 0 Å². The number of esters is 1. The lowest BCUT2D eigenvalue weighted by atomic mass is 10.2. The van der Waals surface area contributed by atoms with Crippen LogP contribution in [-0.4, -0.2) is 39.4 Å². The molecule has 0 aromatic rings. The van der Waals surface area contributed by atoms with Crippen molar-refractivity contribution in [3.8, 4) is 0 Å². The first kappa shape index (κ1) is 18.2. The van der Waals surface area contributed by atoms with Gasteiger partial charge in [0.05, 0.1) is 13.0 Å². The van der Waals surface area contributed by atoms with Gasteiger partial charge in [-0.3, -0.25) is 4.79 Å². The van der Waals surface area contributed by atoms with E-state index >= 15 is 0 Å². The molecule has 0 fully saturated rings. The summed E-state index contributed by atoms with van der Waals surface area (Å²) >= 11 is 0. The minimum atomic E-state index is -0.274. The van der Waals surface area contributed by atoms with Crippen LogP contribution in [0.1, 0.15) is 19.8 Å². The van der Waals surface area contributed by atoms with Gasteiger partial charge in [0, 0.05) is 19.4 Å². The van der Waals surface area contributed by atoms with Crippen molar-refractivity contribution in [2.75, 3.05) is 33.5 Å². The van der Waals surface area contributed by atoms with E-state index < -0.39 is 0 Å². The third-order valence-corrected chi connectivity index (χ3v) is 2.41. The van der Waals surface area contributed by atoms with Crippen LogP contribution in [0, 0.1) is 0 Å². The number of rotatable bonds is 12. The van der Waals surface area contributed by atoms with Gasteiger partial charge in [0.2, 0.25) is 0 Å². The third kappa shape index (κ3) is 10.2. The largest absolute Gasteiger partial charge is 0.490 e. The predicted octanol–water partition coefficient (Wildman–Crippen LogP) is 2.17. The Morgan fingerprint density at radius 3 is 2.30 bits per heavy atom. The van der Waals surface area contributed by atoms with Crippen molar-refractivity contribution in [1.29, 1.82) is 0 Å². The molecule has 0 aromatic heterocycles. The maximum Gasteiger partial charge on any atom is 0.306 e. The molecule has 0 aromatic carbocycles. The van der Waals surface area contributed by atoms with Gasteiger partial charge >= 0.3 is 5.97 Å². The highest BCUT2D eigenvalue weighted by Gasteiger charge is 2.04. The third-order valence-electron chi connectivity index (χ3n) is 2.41. The lowest BCUT2D eigenvalue weighted by Crippen LogP contribution is -2.19. The van der Waals surface area contributed by atoms with Gasteiger partial charge in [-0.05, 0) is 18.9 Å². The van der Waals surface area contributed by atoms with Crippen molar-refractivity contribution < 1.29 is 19.0 Å². The van der Waals surface area contributed by atoms with Crippen LogP contribution < -0.4 is 5.32 Å². The first-order valence-electron chi connectivity index (χ1n) is 6.51. The first-order valence-corrected chi connectivity index (χ1v) is 6.51. The van der Waals surface area contributed by atoms with Crippen LogP contribution in [0.15, 0.2) is 36.8 Å². The Labute approximate surface area is 121 Å². The number of nitrogens with one attached hydrogen (secondary N) is 1. The van der Waals surface area contributed by atoms with Crippen molar-refractivity contribution in [3.05, 3.63) is 36.8 Å². The van der Waals surface area contributed by atoms with Crippen LogP contribution in [0.4, 0.5) is 0 Å². The molecule has 1 N–H and O–H groups in total. The quantitative estimate of drug-likeness (QED) is 0.257. The van der Waals surface area contributed by atoms with E-state index in [-0.39, 0.29) is 19.2 Å². The Hall–Kier alpha value is -1.75. The number of hydrogen-bond donors (Lipinski definition) is 1. The van der Waals surface area contributed by atoms with E-state index in [1.54, 1.807) is 14.0 Å². The number of ether oxygens (including phenoxy) is 3. The Morgan fingerprint density at radius 1 is 1.05 bits per heavy atom. The smallest absolute Gasteiger partial charge is 0.306 e. The topological polar surface area (TPSA) is 56.8 Å². The normalized spacial score (nSPS) is 9.70. The highest BCUT2D eigenvalue weighted by molar-refractivity contribution is 5.69. The van der Waals surface area contributed by atoms with E-state index in [0.717, 1.165) is 11.3 Å². The maximum atomic E-state index is 11.4. The van der Waals surface area contributed by atoms with Crippen LogP contribution in [-0.2, 0) is 19.0 Å². The van der Waals surface area contributed by atoms with Gasteiger partial charge in [-0.2, -0.15) is 0 Å². The van der Waals surface area contributed by atoms with E-state index in [2.05, 4.69) is 25.1 Å². The summed E-state index contributed by atoms with van der Waals surface area (Å²) in [5.74, 6) is 0.237. The Bertz CT molecular complexity index is 350. The fourth-order valence-corrected chi connectivity index (χ4v) is 1.19. The summed E-state index contributed by atoms with van der Waals surface area (Å²) in [6.45, 7) is 14.8. The number of hydrogen-bond acceptors (Lipinski definition) is 5. The van der Waals surface area contributed by atoms with Gasteiger partial charge in [0.15, 0.2) is 0 Å². The van der Waals surface area contributed by atoms with Crippen molar-refractivity contribution in [3.63, 3.8) is 0 Å². The van der Waals surface area contributed by atoms with Crippen molar-refractivity contribution >= 4 is 5.97 Å². The van der Waals surface area contributed by atoms with Crippen LogP contribution >= 0.6 is 0 Å². The highest BCUT2D eigenvalue weighted by atomic mass is 16.6. The van der Waals surface area contributed by atoms with Gasteiger partial charge < -0.3 is 19.5 Å². The summed E-state index contributed by atoms with van der Waals surface area (Å²) in [4.78, 5) is 11.4. The van der Waals surface area contributed by atoms with Crippen LogP contribution in [0.3, 0.4) is 0 Å². The molecule has 0 aliphatic rings. The van der Waals surface area contributed by atoms with Gasteiger partial charge in [0.25, 0.3) is 0 Å². The highest BCUT2D eigenvalue weighted by Crippen LogP contribution is 2.05. The van der Waals surface area contributed by atoms with E-state index in [9.17, 15) is 4.79 Å². The molecule has 0 aliphatic carbocycles. The van der Waals surface area contributed by atoms with Crippen LogP contribution in [0.25, 0.3) is 0 Å². The number of carbonyl (C=O) groups is 1. The van der Waals surface area contributed by atoms with E-state index in [4.69, 9.17) is 14.2 Å². The van der Waals surface area contributed by atoms with Gasteiger partial charge in [-0.25, -0.2) is 0 Å². The van der Waals surface area contributed by atoms with Crippen molar-refractivity contribution in [1.82, 2.24) is 5.32 Å². The summed E-state index contributed by atoms with van der Waals surface area (Å²) < 4.78 is 15.1. The molecule has 0 bridgehead atoms. The Morgan fingerprint density at radius 2 is 1.70 bits per heavy atom. The molecule has 0 radical (unpaired) electrons. The first-order chi connectivity index (χ1) is 9.47. The van der Waals surface area contributed by atoms with Crippen molar-refractivity contribution in [2.24, 2.45) is 0 Å². The zero-order valence-corrected chi connectivity index (χ0v) is 12.5.